The summed E-state index contributed by atoms with van der Waals surface area (Å²) in [6.07, 6.45) is -4.55. The second kappa shape index (κ2) is 5.73. The van der Waals surface area contributed by atoms with Crippen LogP contribution in [0.15, 0.2) is 18.2 Å². The molecule has 0 spiro atoms. The first-order valence-corrected chi connectivity index (χ1v) is 5.52. The van der Waals surface area contributed by atoms with Gasteiger partial charge in [-0.3, -0.25) is 9.59 Å². The molecule has 0 atom stereocenters. The summed E-state index contributed by atoms with van der Waals surface area (Å²) < 4.78 is 38.6. The van der Waals surface area contributed by atoms with Gasteiger partial charge in [-0.25, -0.2) is 0 Å². The Kier molecular flexibility index (Phi) is 4.52. The van der Waals surface area contributed by atoms with Crippen LogP contribution >= 0.6 is 0 Å². The molecule has 7 heteroatoms. The molecule has 19 heavy (non-hydrogen) atoms. The molecule has 1 aromatic carbocycles. The summed E-state index contributed by atoms with van der Waals surface area (Å²) in [6, 6.07) is 3.19. The topological polar surface area (TPSA) is 58.2 Å². The van der Waals surface area contributed by atoms with Gasteiger partial charge in [0, 0.05) is 19.0 Å². The summed E-state index contributed by atoms with van der Waals surface area (Å²) in [5.41, 5.74) is -1.30. The molecule has 0 radical (unpaired) electrons. The Morgan fingerprint density at radius 2 is 1.84 bits per heavy atom. The Balaban J connectivity index is 3.17. The first-order valence-electron chi connectivity index (χ1n) is 5.52. The average Bonchev–Trinajstić information content (AvgIpc) is 2.28. The highest BCUT2D eigenvalue weighted by Gasteiger charge is 2.34. The predicted molar refractivity (Wildman–Crippen MR) is 64.7 cm³/mol. The first-order chi connectivity index (χ1) is 8.74. The summed E-state index contributed by atoms with van der Waals surface area (Å²) in [7, 11) is 0. The van der Waals surface area contributed by atoms with Crippen molar-refractivity contribution in [2.45, 2.75) is 26.4 Å². The third-order valence-electron chi connectivity index (χ3n) is 2.24. The van der Waals surface area contributed by atoms with Gasteiger partial charge in [0.2, 0.25) is 11.8 Å². The van der Waals surface area contributed by atoms with Gasteiger partial charge in [-0.15, -0.1) is 0 Å². The molecule has 0 aliphatic carbocycles. The van der Waals surface area contributed by atoms with E-state index in [0.29, 0.717) is 0 Å². The zero-order chi connectivity index (χ0) is 14.6. The van der Waals surface area contributed by atoms with E-state index in [1.807, 2.05) is 0 Å². The van der Waals surface area contributed by atoms with Crippen LogP contribution in [-0.4, -0.2) is 11.8 Å². The molecule has 0 fully saturated rings. The van der Waals surface area contributed by atoms with Crippen molar-refractivity contribution in [1.29, 1.82) is 0 Å². The molecule has 4 nitrogen and oxygen atoms in total. The molecule has 0 aliphatic rings. The smallest absolute Gasteiger partial charge is 0.326 e. The van der Waals surface area contributed by atoms with Crippen LogP contribution in [0.4, 0.5) is 24.5 Å². The number of amides is 2. The van der Waals surface area contributed by atoms with E-state index in [4.69, 9.17) is 0 Å². The quantitative estimate of drug-likeness (QED) is 0.890. The molecule has 0 saturated heterocycles. The number of benzene rings is 1. The van der Waals surface area contributed by atoms with Crippen molar-refractivity contribution in [3.63, 3.8) is 0 Å². The van der Waals surface area contributed by atoms with E-state index < -0.39 is 23.6 Å². The van der Waals surface area contributed by atoms with E-state index in [0.717, 1.165) is 12.1 Å². The third-order valence-corrected chi connectivity index (χ3v) is 2.24. The molecule has 104 valence electrons. The summed E-state index contributed by atoms with van der Waals surface area (Å²) in [5.74, 6) is -0.990. The van der Waals surface area contributed by atoms with Gasteiger partial charge in [-0.1, -0.05) is 6.92 Å². The molecule has 2 N–H and O–H groups in total. The maximum Gasteiger partial charge on any atom is 0.418 e. The van der Waals surface area contributed by atoms with E-state index >= 15 is 0 Å². The fourth-order valence-corrected chi connectivity index (χ4v) is 1.41. The second-order valence-corrected chi connectivity index (χ2v) is 3.84. The highest BCUT2D eigenvalue weighted by Crippen LogP contribution is 2.36. The van der Waals surface area contributed by atoms with E-state index in [1.54, 1.807) is 0 Å². The van der Waals surface area contributed by atoms with Gasteiger partial charge < -0.3 is 10.6 Å². The van der Waals surface area contributed by atoms with Crippen molar-refractivity contribution in [2.75, 3.05) is 10.6 Å². The Labute approximate surface area is 108 Å². The van der Waals surface area contributed by atoms with Gasteiger partial charge >= 0.3 is 6.18 Å². The highest BCUT2D eigenvalue weighted by atomic mass is 19.4. The van der Waals surface area contributed by atoms with Crippen LogP contribution in [0, 0.1) is 0 Å². The summed E-state index contributed by atoms with van der Waals surface area (Å²) >= 11 is 0. The van der Waals surface area contributed by atoms with E-state index in [2.05, 4.69) is 10.6 Å². The Bertz CT molecular complexity index is 498. The Hall–Kier alpha value is -2.05. The lowest BCUT2D eigenvalue weighted by Crippen LogP contribution is -2.16. The standard InChI is InChI=1S/C12H13F3N2O2/c1-3-11(19)17-10-5-4-8(16-7(2)18)6-9(10)12(13,14)15/h4-6H,3H2,1-2H3,(H,16,18)(H,17,19). The molecule has 0 bridgehead atoms. The molecule has 0 heterocycles. The van der Waals surface area contributed by atoms with Gasteiger partial charge in [0.25, 0.3) is 0 Å². The maximum atomic E-state index is 12.9. The van der Waals surface area contributed by atoms with Gasteiger partial charge in [0.05, 0.1) is 11.3 Å². The van der Waals surface area contributed by atoms with Crippen LogP contribution in [-0.2, 0) is 15.8 Å². The van der Waals surface area contributed by atoms with Crippen LogP contribution < -0.4 is 10.6 Å². The van der Waals surface area contributed by atoms with Crippen LogP contribution in [0.5, 0.6) is 0 Å². The molecular formula is C12H13F3N2O2. The summed E-state index contributed by atoms with van der Waals surface area (Å²) in [4.78, 5) is 22.0. The molecule has 0 unspecified atom stereocenters. The number of alkyl halides is 3. The van der Waals surface area contributed by atoms with Gasteiger partial charge in [0.1, 0.15) is 0 Å². The molecule has 1 rings (SSSR count). The fraction of sp³-hybridized carbons (Fsp3) is 0.333. The molecule has 1 aromatic rings. The van der Waals surface area contributed by atoms with E-state index in [-0.39, 0.29) is 17.8 Å². The minimum atomic E-state index is -4.62. The molecular weight excluding hydrogens is 261 g/mol. The summed E-state index contributed by atoms with van der Waals surface area (Å²) in [6.45, 7) is 2.73. The van der Waals surface area contributed by atoms with Gasteiger partial charge in [0.15, 0.2) is 0 Å². The minimum Gasteiger partial charge on any atom is -0.326 e. The Morgan fingerprint density at radius 3 is 2.32 bits per heavy atom. The number of nitrogens with one attached hydrogen (secondary N) is 2. The monoisotopic (exact) mass is 274 g/mol. The molecule has 2 amide bonds. The van der Waals surface area contributed by atoms with Crippen LogP contribution in [0.2, 0.25) is 0 Å². The van der Waals surface area contributed by atoms with Crippen molar-refractivity contribution in [2.24, 2.45) is 0 Å². The van der Waals surface area contributed by atoms with Crippen molar-refractivity contribution >= 4 is 23.2 Å². The number of carbonyl (C=O) groups is 2. The lowest BCUT2D eigenvalue weighted by Gasteiger charge is -2.15. The predicted octanol–water partition coefficient (Wildman–Crippen LogP) is 3.01. The van der Waals surface area contributed by atoms with Gasteiger partial charge in [-0.2, -0.15) is 13.2 Å². The zero-order valence-electron chi connectivity index (χ0n) is 10.4. The normalized spacial score (nSPS) is 11.0. The van der Waals surface area contributed by atoms with Gasteiger partial charge in [-0.05, 0) is 18.2 Å². The lowest BCUT2D eigenvalue weighted by molar-refractivity contribution is -0.137. The van der Waals surface area contributed by atoms with E-state index in [9.17, 15) is 22.8 Å². The van der Waals surface area contributed by atoms with Crippen LogP contribution in [0.1, 0.15) is 25.8 Å². The van der Waals surface area contributed by atoms with Crippen molar-refractivity contribution in [3.05, 3.63) is 23.8 Å². The van der Waals surface area contributed by atoms with Crippen molar-refractivity contribution in [1.82, 2.24) is 0 Å². The molecule has 0 saturated carbocycles. The zero-order valence-corrected chi connectivity index (χ0v) is 10.4. The highest BCUT2D eigenvalue weighted by molar-refractivity contribution is 5.93. The lowest BCUT2D eigenvalue weighted by atomic mass is 10.1. The van der Waals surface area contributed by atoms with Crippen molar-refractivity contribution < 1.29 is 22.8 Å². The number of halogens is 3. The number of hydrogen-bond donors (Lipinski definition) is 2. The number of hydrogen-bond acceptors (Lipinski definition) is 2. The number of anilines is 2. The second-order valence-electron chi connectivity index (χ2n) is 3.84. The minimum absolute atomic E-state index is 0.0225. The fourth-order valence-electron chi connectivity index (χ4n) is 1.41. The molecule has 0 aromatic heterocycles. The van der Waals surface area contributed by atoms with Crippen LogP contribution in [0.3, 0.4) is 0 Å². The van der Waals surface area contributed by atoms with Crippen LogP contribution in [0.25, 0.3) is 0 Å². The first kappa shape index (κ1) is 15.0. The molecule has 0 aliphatic heterocycles. The van der Waals surface area contributed by atoms with Crippen molar-refractivity contribution in [3.8, 4) is 0 Å². The largest absolute Gasteiger partial charge is 0.418 e. The average molecular weight is 274 g/mol. The van der Waals surface area contributed by atoms with E-state index in [1.165, 1.54) is 19.9 Å². The maximum absolute atomic E-state index is 12.9. The number of carbonyl (C=O) groups excluding carboxylic acids is 2. The SMILES string of the molecule is CCC(=O)Nc1ccc(NC(C)=O)cc1C(F)(F)F. The number of rotatable bonds is 3. The summed E-state index contributed by atoms with van der Waals surface area (Å²) in [5, 5.41) is 4.44. The Morgan fingerprint density at radius 1 is 1.21 bits per heavy atom. The third kappa shape index (κ3) is 4.27.